The minimum atomic E-state index is -0.843. The van der Waals surface area contributed by atoms with Crippen LogP contribution in [0.5, 0.6) is 0 Å². The molecule has 0 aromatic rings. The number of carbonyl (C=O) groups excluding carboxylic acids is 2. The Bertz CT molecular complexity index is 1430. The molecule has 88 heavy (non-hydrogen) atoms. The first-order valence-electron chi connectivity index (χ1n) is 40.3. The number of rotatable bonds is 76. The zero-order valence-corrected chi connectivity index (χ0v) is 59.7. The van der Waals surface area contributed by atoms with Gasteiger partial charge in [0.05, 0.1) is 25.4 Å². The second kappa shape index (κ2) is 77.5. The van der Waals surface area contributed by atoms with Gasteiger partial charge in [-0.05, 0) is 64.2 Å². The van der Waals surface area contributed by atoms with Crippen molar-refractivity contribution in [3.05, 3.63) is 36.5 Å². The Morgan fingerprint density at radius 2 is 0.568 bits per heavy atom. The van der Waals surface area contributed by atoms with E-state index >= 15 is 0 Å². The fourth-order valence-corrected chi connectivity index (χ4v) is 12.8. The number of ether oxygens (including phenoxy) is 1. The molecule has 3 N–H and O–H groups in total. The van der Waals surface area contributed by atoms with Crippen LogP contribution in [-0.4, -0.2) is 47.4 Å². The monoisotopic (exact) mass is 1240 g/mol. The Morgan fingerprint density at radius 3 is 0.875 bits per heavy atom. The van der Waals surface area contributed by atoms with Gasteiger partial charge in [0.1, 0.15) is 0 Å². The minimum absolute atomic E-state index is 0.0139. The van der Waals surface area contributed by atoms with Crippen molar-refractivity contribution >= 4 is 11.9 Å². The van der Waals surface area contributed by atoms with E-state index in [1.54, 1.807) is 6.08 Å². The maximum absolute atomic E-state index is 12.5. The first kappa shape index (κ1) is 86.1. The molecule has 520 valence electrons. The third kappa shape index (κ3) is 73.1. The van der Waals surface area contributed by atoms with E-state index in [2.05, 4.69) is 43.5 Å². The number of nitrogens with one attached hydrogen (secondary N) is 1. The van der Waals surface area contributed by atoms with Gasteiger partial charge in [0.25, 0.3) is 0 Å². The summed E-state index contributed by atoms with van der Waals surface area (Å²) in [5.74, 6) is -0.0452. The van der Waals surface area contributed by atoms with E-state index in [9.17, 15) is 19.8 Å². The number of amides is 1. The lowest BCUT2D eigenvalue weighted by Crippen LogP contribution is -2.45. The second-order valence-corrected chi connectivity index (χ2v) is 27.8. The fraction of sp³-hybridized carbons (Fsp3) is 0.902. The highest BCUT2D eigenvalue weighted by atomic mass is 16.5. The number of unbranched alkanes of at least 4 members (excludes halogenated alkanes) is 61. The van der Waals surface area contributed by atoms with E-state index in [4.69, 9.17) is 4.74 Å². The maximum atomic E-state index is 12.5. The Morgan fingerprint density at radius 1 is 0.318 bits per heavy atom. The molecule has 0 rings (SSSR count). The lowest BCUT2D eigenvalue weighted by Gasteiger charge is -2.20. The minimum Gasteiger partial charge on any atom is -0.466 e. The van der Waals surface area contributed by atoms with Crippen molar-refractivity contribution in [2.75, 3.05) is 13.2 Å². The van der Waals surface area contributed by atoms with Crippen molar-refractivity contribution in [1.29, 1.82) is 0 Å². The van der Waals surface area contributed by atoms with E-state index in [0.717, 1.165) is 51.4 Å². The molecule has 6 nitrogen and oxygen atoms in total. The van der Waals surface area contributed by atoms with Crippen LogP contribution < -0.4 is 5.32 Å². The standard InChI is InChI=1S/C82H157NO5/c1-3-5-7-9-11-13-15-17-19-21-23-24-36-39-42-46-50-54-58-62-66-70-74-80(85)79(78-84)83-81(86)75-71-67-63-59-55-51-47-43-40-37-34-32-30-28-26-25-27-29-31-33-35-38-41-45-49-53-57-61-65-69-73-77-88-82(87)76-72-68-64-60-56-52-48-44-22-20-18-16-14-12-10-8-6-4-2/h14,16,20,22,70,74,79-80,84-85H,3-13,15,17-19,21,23-69,71-73,75-78H2,1-2H3,(H,83,86)/b16-14-,22-20-,74-70+. The Labute approximate surface area is 551 Å². The summed E-state index contributed by atoms with van der Waals surface area (Å²) in [6, 6.07) is -0.626. The highest BCUT2D eigenvalue weighted by molar-refractivity contribution is 5.76. The van der Waals surface area contributed by atoms with Crippen molar-refractivity contribution in [3.8, 4) is 0 Å². The molecule has 0 bridgehead atoms. The zero-order valence-electron chi connectivity index (χ0n) is 59.7. The Kier molecular flexibility index (Phi) is 75.8. The molecular formula is C82H157NO5. The summed E-state index contributed by atoms with van der Waals surface area (Å²) in [5.41, 5.74) is 0. The summed E-state index contributed by atoms with van der Waals surface area (Å²) < 4.78 is 5.51. The molecule has 0 aromatic heterocycles. The molecule has 0 radical (unpaired) electrons. The number of esters is 1. The quantitative estimate of drug-likeness (QED) is 0.0320. The predicted octanol–water partition coefficient (Wildman–Crippen LogP) is 26.6. The summed E-state index contributed by atoms with van der Waals surface area (Å²) in [6.07, 6.45) is 101. The molecule has 0 saturated carbocycles. The lowest BCUT2D eigenvalue weighted by atomic mass is 10.0. The van der Waals surface area contributed by atoms with Crippen molar-refractivity contribution in [1.82, 2.24) is 5.32 Å². The van der Waals surface area contributed by atoms with Gasteiger partial charge < -0.3 is 20.3 Å². The van der Waals surface area contributed by atoms with Crippen LogP contribution in [0.15, 0.2) is 36.5 Å². The highest BCUT2D eigenvalue weighted by Gasteiger charge is 2.18. The SMILES string of the molecule is CCCCCC/C=C\C/C=C\CCCCCCCCCC(=O)OCCCCCCCCCCCCCCCCCCCCCCCCCCCCCCCCCC(=O)NC(CO)C(O)/C=C/CCCCCCCCCCCCCCCCCCCCCC. The molecule has 0 aromatic carbocycles. The molecule has 0 aliphatic carbocycles. The molecule has 0 saturated heterocycles. The van der Waals surface area contributed by atoms with Crippen molar-refractivity contribution in [2.24, 2.45) is 0 Å². The normalized spacial score (nSPS) is 12.6. The van der Waals surface area contributed by atoms with Gasteiger partial charge in [0, 0.05) is 12.8 Å². The number of hydrogen-bond donors (Lipinski definition) is 3. The molecule has 2 atom stereocenters. The predicted molar refractivity (Wildman–Crippen MR) is 389 cm³/mol. The van der Waals surface area contributed by atoms with Crippen LogP contribution in [0.1, 0.15) is 450 Å². The zero-order chi connectivity index (χ0) is 63.5. The number of aliphatic hydroxyl groups is 2. The Hall–Kier alpha value is -1.92. The fourth-order valence-electron chi connectivity index (χ4n) is 12.8. The largest absolute Gasteiger partial charge is 0.466 e. The van der Waals surface area contributed by atoms with Crippen LogP contribution in [0.2, 0.25) is 0 Å². The molecule has 0 fully saturated rings. The molecule has 1 amide bonds. The lowest BCUT2D eigenvalue weighted by molar-refractivity contribution is -0.143. The van der Waals surface area contributed by atoms with Crippen LogP contribution in [0.25, 0.3) is 0 Å². The molecule has 6 heteroatoms. The summed E-state index contributed by atoms with van der Waals surface area (Å²) in [6.45, 7) is 4.94. The second-order valence-electron chi connectivity index (χ2n) is 27.8. The third-order valence-electron chi connectivity index (χ3n) is 18.9. The third-order valence-corrected chi connectivity index (χ3v) is 18.9. The van der Waals surface area contributed by atoms with Crippen LogP contribution in [0, 0.1) is 0 Å². The summed E-state index contributed by atoms with van der Waals surface area (Å²) in [4.78, 5) is 24.7. The molecule has 0 spiro atoms. The van der Waals surface area contributed by atoms with E-state index in [1.165, 1.54) is 372 Å². The summed E-state index contributed by atoms with van der Waals surface area (Å²) >= 11 is 0. The average molecular weight is 1240 g/mol. The van der Waals surface area contributed by atoms with Crippen LogP contribution in [-0.2, 0) is 14.3 Å². The number of allylic oxidation sites excluding steroid dienone is 5. The van der Waals surface area contributed by atoms with E-state index in [-0.39, 0.29) is 18.5 Å². The molecule has 0 aliphatic heterocycles. The van der Waals surface area contributed by atoms with E-state index in [1.807, 2.05) is 6.08 Å². The maximum Gasteiger partial charge on any atom is 0.305 e. The van der Waals surface area contributed by atoms with Crippen LogP contribution >= 0.6 is 0 Å². The van der Waals surface area contributed by atoms with Crippen LogP contribution in [0.3, 0.4) is 0 Å². The van der Waals surface area contributed by atoms with E-state index in [0.29, 0.717) is 19.4 Å². The van der Waals surface area contributed by atoms with Gasteiger partial charge in [-0.25, -0.2) is 0 Å². The average Bonchev–Trinajstić information content (AvgIpc) is 3.58. The van der Waals surface area contributed by atoms with Crippen molar-refractivity contribution in [2.45, 2.75) is 463 Å². The Balaban J connectivity index is 3.35. The summed E-state index contributed by atoms with van der Waals surface area (Å²) in [7, 11) is 0. The topological polar surface area (TPSA) is 95.9 Å². The van der Waals surface area contributed by atoms with Gasteiger partial charge in [-0.2, -0.15) is 0 Å². The van der Waals surface area contributed by atoms with Crippen LogP contribution in [0.4, 0.5) is 0 Å². The van der Waals surface area contributed by atoms with Gasteiger partial charge in [-0.15, -0.1) is 0 Å². The number of aliphatic hydroxyl groups excluding tert-OH is 2. The summed E-state index contributed by atoms with van der Waals surface area (Å²) in [5, 5.41) is 23.3. The van der Waals surface area contributed by atoms with Crippen molar-refractivity contribution in [3.63, 3.8) is 0 Å². The van der Waals surface area contributed by atoms with Gasteiger partial charge in [0.2, 0.25) is 5.91 Å². The smallest absolute Gasteiger partial charge is 0.305 e. The molecule has 0 heterocycles. The number of carbonyl (C=O) groups is 2. The first-order valence-corrected chi connectivity index (χ1v) is 40.3. The van der Waals surface area contributed by atoms with Crippen molar-refractivity contribution < 1.29 is 24.5 Å². The molecule has 2 unspecified atom stereocenters. The molecular weight excluding hydrogens is 1080 g/mol. The highest BCUT2D eigenvalue weighted by Crippen LogP contribution is 2.20. The van der Waals surface area contributed by atoms with Gasteiger partial charge in [-0.3, -0.25) is 9.59 Å². The van der Waals surface area contributed by atoms with E-state index < -0.39 is 12.1 Å². The van der Waals surface area contributed by atoms with Gasteiger partial charge in [0.15, 0.2) is 0 Å². The van der Waals surface area contributed by atoms with Gasteiger partial charge in [-0.1, -0.05) is 410 Å². The van der Waals surface area contributed by atoms with Gasteiger partial charge >= 0.3 is 5.97 Å². The number of hydrogen-bond acceptors (Lipinski definition) is 5. The first-order chi connectivity index (χ1) is 43.5. The molecule has 0 aliphatic rings.